The van der Waals surface area contributed by atoms with Gasteiger partial charge in [0.15, 0.2) is 0 Å². The number of phenolic OH excluding ortho intramolecular Hbond substituents is 2. The monoisotopic (exact) mass is 491 g/mol. The largest absolute Gasteiger partial charge is 1.00 e. The number of hydrogen-bond donors (Lipinski definition) is 2. The van der Waals surface area contributed by atoms with Crippen LogP contribution in [0.25, 0.3) is 0 Å². The first-order valence-corrected chi connectivity index (χ1v) is 10.0. The van der Waals surface area contributed by atoms with Gasteiger partial charge in [0.1, 0.15) is 22.9 Å². The predicted octanol–water partition coefficient (Wildman–Crippen LogP) is 0.812. The van der Waals surface area contributed by atoms with Crippen LogP contribution in [0, 0.1) is 0 Å². The number of halogens is 1. The molecule has 0 saturated carbocycles. The SMILES string of the molecule is CC(C)(CN=Cc1ccc([N+](C)(C)C)cc1O)N=Cc1ccc([N+](C)(C)C)cc1O.[Br-]. The van der Waals surface area contributed by atoms with Crippen molar-refractivity contribution in [3.8, 4) is 11.5 Å². The van der Waals surface area contributed by atoms with E-state index in [9.17, 15) is 10.2 Å². The maximum Gasteiger partial charge on any atom is 0.135 e. The molecule has 0 aliphatic carbocycles. The molecule has 2 aromatic rings. The summed E-state index contributed by atoms with van der Waals surface area (Å²) in [5.41, 5.74) is 2.95. The fourth-order valence-corrected chi connectivity index (χ4v) is 2.77. The minimum Gasteiger partial charge on any atom is -1.00 e. The Labute approximate surface area is 197 Å². The minimum absolute atomic E-state index is 0. The summed E-state index contributed by atoms with van der Waals surface area (Å²) < 4.78 is 1.27. The van der Waals surface area contributed by atoms with E-state index >= 15 is 0 Å². The Bertz CT molecular complexity index is 955. The third-order valence-electron chi connectivity index (χ3n) is 4.84. The normalized spacial score (nSPS) is 13.0. The average molecular weight is 492 g/mol. The molecule has 2 rings (SSSR count). The first-order valence-electron chi connectivity index (χ1n) is 10.0. The molecule has 31 heavy (non-hydrogen) atoms. The van der Waals surface area contributed by atoms with Crippen LogP contribution in [0.2, 0.25) is 0 Å². The Balaban J connectivity index is 0.00000480. The highest BCUT2D eigenvalue weighted by Gasteiger charge is 2.17. The molecule has 0 aliphatic rings. The van der Waals surface area contributed by atoms with Crippen molar-refractivity contribution in [1.29, 1.82) is 0 Å². The van der Waals surface area contributed by atoms with E-state index in [0.29, 0.717) is 26.6 Å². The predicted molar refractivity (Wildman–Crippen MR) is 129 cm³/mol. The summed E-state index contributed by atoms with van der Waals surface area (Å²) in [6.07, 6.45) is 3.37. The Kier molecular flexibility index (Phi) is 8.59. The summed E-state index contributed by atoms with van der Waals surface area (Å²) in [5.74, 6) is 0.429. The number of rotatable bonds is 7. The van der Waals surface area contributed by atoms with Gasteiger partial charge in [-0.05, 0) is 26.0 Å². The number of quaternary nitrogens is 2. The second-order valence-electron chi connectivity index (χ2n) is 10.1. The van der Waals surface area contributed by atoms with Crippen molar-refractivity contribution in [1.82, 2.24) is 8.97 Å². The fraction of sp³-hybridized carbons (Fsp3) is 0.417. The van der Waals surface area contributed by atoms with Crippen LogP contribution in [0.5, 0.6) is 11.5 Å². The van der Waals surface area contributed by atoms with Crippen molar-refractivity contribution in [3.05, 3.63) is 47.5 Å². The molecule has 0 spiro atoms. The zero-order valence-corrected chi connectivity index (χ0v) is 21.5. The molecule has 170 valence electrons. The van der Waals surface area contributed by atoms with E-state index in [4.69, 9.17) is 0 Å². The average Bonchev–Trinajstić information content (AvgIpc) is 2.60. The highest BCUT2D eigenvalue weighted by atomic mass is 79.9. The molecule has 0 saturated heterocycles. The summed E-state index contributed by atoms with van der Waals surface area (Å²) in [6, 6.07) is 11.3. The lowest BCUT2D eigenvalue weighted by Gasteiger charge is -2.23. The Morgan fingerprint density at radius 1 is 0.774 bits per heavy atom. The second kappa shape index (κ2) is 9.94. The van der Waals surface area contributed by atoms with E-state index < -0.39 is 5.54 Å². The fourth-order valence-electron chi connectivity index (χ4n) is 2.77. The van der Waals surface area contributed by atoms with Crippen LogP contribution >= 0.6 is 0 Å². The van der Waals surface area contributed by atoms with E-state index in [2.05, 4.69) is 52.3 Å². The third-order valence-corrected chi connectivity index (χ3v) is 4.84. The molecule has 0 aliphatic heterocycles. The van der Waals surface area contributed by atoms with Crippen LogP contribution in [0.3, 0.4) is 0 Å². The van der Waals surface area contributed by atoms with Crippen LogP contribution in [0.15, 0.2) is 46.4 Å². The van der Waals surface area contributed by atoms with Crippen molar-refractivity contribution < 1.29 is 27.2 Å². The van der Waals surface area contributed by atoms with Gasteiger partial charge in [0, 0.05) is 47.8 Å². The molecule has 0 radical (unpaired) electrons. The van der Waals surface area contributed by atoms with Gasteiger partial charge in [-0.15, -0.1) is 0 Å². The Hall–Kier alpha value is -2.22. The Morgan fingerprint density at radius 3 is 1.58 bits per heavy atom. The molecule has 0 unspecified atom stereocenters. The van der Waals surface area contributed by atoms with Crippen molar-refractivity contribution in [2.75, 3.05) is 48.8 Å². The maximum atomic E-state index is 10.3. The first kappa shape index (κ1) is 26.8. The number of benzene rings is 2. The van der Waals surface area contributed by atoms with Crippen LogP contribution < -0.4 is 25.9 Å². The van der Waals surface area contributed by atoms with Crippen molar-refractivity contribution in [2.24, 2.45) is 9.98 Å². The summed E-state index contributed by atoms with van der Waals surface area (Å²) >= 11 is 0. The summed E-state index contributed by atoms with van der Waals surface area (Å²) in [4.78, 5) is 9.09. The topological polar surface area (TPSA) is 65.2 Å². The number of hydrogen-bond acceptors (Lipinski definition) is 4. The van der Waals surface area contributed by atoms with E-state index in [-0.39, 0.29) is 28.5 Å². The van der Waals surface area contributed by atoms with E-state index in [1.807, 2.05) is 38.1 Å². The van der Waals surface area contributed by atoms with Gasteiger partial charge in [-0.1, -0.05) is 0 Å². The van der Waals surface area contributed by atoms with E-state index in [0.717, 1.165) is 11.4 Å². The molecule has 0 amide bonds. The molecular formula is C24H36BrN4O2+. The molecule has 6 nitrogen and oxygen atoms in total. The van der Waals surface area contributed by atoms with Crippen molar-refractivity contribution in [2.45, 2.75) is 19.4 Å². The minimum atomic E-state index is -0.445. The molecule has 2 N–H and O–H groups in total. The van der Waals surface area contributed by atoms with Gasteiger partial charge >= 0.3 is 0 Å². The van der Waals surface area contributed by atoms with Gasteiger partial charge < -0.3 is 27.2 Å². The van der Waals surface area contributed by atoms with Gasteiger partial charge in [0.25, 0.3) is 0 Å². The lowest BCUT2D eigenvalue weighted by molar-refractivity contribution is -0.00000917. The third kappa shape index (κ3) is 7.76. The number of aliphatic imine (C=N–C) groups is 2. The molecule has 0 fully saturated rings. The second-order valence-corrected chi connectivity index (χ2v) is 10.1. The zero-order chi connectivity index (χ0) is 22.7. The summed E-state index contributed by atoms with van der Waals surface area (Å²) in [5, 5.41) is 20.6. The molecule has 0 bridgehead atoms. The standard InChI is InChI=1S/C24H34N4O2.BrH/c1-24(2,26-16-19-10-12-21(14-23(19)30)28(6,7)8)17-25-15-18-9-11-20(13-22(18)29)27(3,4)5;/h9-16H,17H2,1-8H3;1H/p+1. The van der Waals surface area contributed by atoms with E-state index in [1.54, 1.807) is 24.6 Å². The first-order chi connectivity index (χ1) is 13.7. The zero-order valence-electron chi connectivity index (χ0n) is 19.9. The highest BCUT2D eigenvalue weighted by molar-refractivity contribution is 5.85. The van der Waals surface area contributed by atoms with Crippen molar-refractivity contribution in [3.63, 3.8) is 0 Å². The summed E-state index contributed by atoms with van der Waals surface area (Å²) in [6.45, 7) is 4.43. The van der Waals surface area contributed by atoms with Gasteiger partial charge in [-0.2, -0.15) is 0 Å². The highest BCUT2D eigenvalue weighted by Crippen LogP contribution is 2.26. The number of aromatic hydroxyl groups is 2. The smallest absolute Gasteiger partial charge is 0.135 e. The maximum absolute atomic E-state index is 10.3. The molecule has 0 atom stereocenters. The molecule has 7 heteroatoms. The molecular weight excluding hydrogens is 456 g/mol. The van der Waals surface area contributed by atoms with Gasteiger partial charge in [-0.25, -0.2) is 0 Å². The number of phenols is 2. The van der Waals surface area contributed by atoms with Crippen LogP contribution in [0.4, 0.5) is 11.4 Å². The van der Waals surface area contributed by atoms with Gasteiger partial charge in [0.2, 0.25) is 0 Å². The van der Waals surface area contributed by atoms with E-state index in [1.165, 1.54) is 0 Å². The number of nitrogens with zero attached hydrogens (tertiary/aromatic N) is 4. The van der Waals surface area contributed by atoms with Crippen LogP contribution in [-0.2, 0) is 0 Å². The molecule has 0 aromatic heterocycles. The van der Waals surface area contributed by atoms with Crippen LogP contribution in [0.1, 0.15) is 25.0 Å². The molecule has 2 aromatic carbocycles. The van der Waals surface area contributed by atoms with Crippen molar-refractivity contribution >= 4 is 23.8 Å². The quantitative estimate of drug-likeness (QED) is 0.444. The van der Waals surface area contributed by atoms with Crippen LogP contribution in [-0.4, -0.2) is 77.0 Å². The molecule has 0 heterocycles. The summed E-state index contributed by atoms with van der Waals surface area (Å²) in [7, 11) is 12.3. The Morgan fingerprint density at radius 2 is 1.19 bits per heavy atom. The van der Waals surface area contributed by atoms with Gasteiger partial charge in [0.05, 0.1) is 54.4 Å². The lowest BCUT2D eigenvalue weighted by atomic mass is 10.1. The lowest BCUT2D eigenvalue weighted by Crippen LogP contribution is -3.00. The van der Waals surface area contributed by atoms with Gasteiger partial charge in [-0.3, -0.25) is 19.0 Å².